The van der Waals surface area contributed by atoms with E-state index in [1.165, 1.54) is 26.8 Å². The van der Waals surface area contributed by atoms with E-state index in [0.29, 0.717) is 5.92 Å². The molecule has 2 N–H and O–H groups in total. The molecule has 2 aromatic carbocycles. The van der Waals surface area contributed by atoms with Crippen LogP contribution in [0.2, 0.25) is 0 Å². The van der Waals surface area contributed by atoms with Gasteiger partial charge >= 0.3 is 0 Å². The van der Waals surface area contributed by atoms with Gasteiger partial charge in [0.2, 0.25) is 0 Å². The minimum atomic E-state index is -0.0470. The number of nitrogens with two attached hydrogens (primary N) is 1. The first kappa shape index (κ1) is 14.3. The van der Waals surface area contributed by atoms with Crippen LogP contribution in [-0.4, -0.2) is 0 Å². The second kappa shape index (κ2) is 6.00. The lowest BCUT2D eigenvalue weighted by molar-refractivity contribution is 0.647. The van der Waals surface area contributed by atoms with Gasteiger partial charge in [-0.3, -0.25) is 0 Å². The predicted octanol–water partition coefficient (Wildman–Crippen LogP) is 5.15. The zero-order valence-corrected chi connectivity index (χ0v) is 13.4. The van der Waals surface area contributed by atoms with Crippen LogP contribution in [0.5, 0.6) is 0 Å². The molecule has 0 saturated heterocycles. The van der Waals surface area contributed by atoms with Gasteiger partial charge in [0, 0.05) is 4.70 Å². The number of thiophene rings is 1. The van der Waals surface area contributed by atoms with Gasteiger partial charge in [0.25, 0.3) is 0 Å². The maximum atomic E-state index is 6.48. The van der Waals surface area contributed by atoms with Gasteiger partial charge < -0.3 is 5.73 Å². The van der Waals surface area contributed by atoms with Gasteiger partial charge in [0.05, 0.1) is 6.04 Å². The second-order valence-corrected chi connectivity index (χ2v) is 6.92. The first-order valence-electron chi connectivity index (χ1n) is 7.45. The number of rotatable bonds is 4. The lowest BCUT2D eigenvalue weighted by Gasteiger charge is -2.13. The molecule has 0 radical (unpaired) electrons. The highest BCUT2D eigenvalue weighted by molar-refractivity contribution is 7.17. The fourth-order valence-corrected chi connectivity index (χ4v) is 3.75. The Balaban J connectivity index is 1.89. The maximum absolute atomic E-state index is 6.48. The maximum Gasteiger partial charge on any atom is 0.0566 e. The van der Waals surface area contributed by atoms with Crippen LogP contribution < -0.4 is 5.73 Å². The van der Waals surface area contributed by atoms with Crippen LogP contribution in [0.25, 0.3) is 10.1 Å². The summed E-state index contributed by atoms with van der Waals surface area (Å²) in [7, 11) is 0. The molecule has 108 valence electrons. The van der Waals surface area contributed by atoms with E-state index in [9.17, 15) is 0 Å². The average molecular weight is 295 g/mol. The molecule has 0 fully saturated rings. The zero-order chi connectivity index (χ0) is 14.8. The fourth-order valence-electron chi connectivity index (χ4n) is 2.75. The Hall–Kier alpha value is -1.64. The monoisotopic (exact) mass is 295 g/mol. The van der Waals surface area contributed by atoms with E-state index in [0.717, 1.165) is 6.42 Å². The SMILES string of the molecule is CC(C)Cc1ccc(C(N)c2csc3ccccc23)cc1. The van der Waals surface area contributed by atoms with Gasteiger partial charge in [0.1, 0.15) is 0 Å². The molecule has 1 aromatic heterocycles. The summed E-state index contributed by atoms with van der Waals surface area (Å²) in [5.41, 5.74) is 10.3. The summed E-state index contributed by atoms with van der Waals surface area (Å²) >= 11 is 1.77. The highest BCUT2D eigenvalue weighted by Crippen LogP contribution is 2.32. The van der Waals surface area contributed by atoms with E-state index < -0.39 is 0 Å². The predicted molar refractivity (Wildman–Crippen MR) is 92.8 cm³/mol. The molecule has 0 bridgehead atoms. The Bertz CT molecular complexity index is 725. The van der Waals surface area contributed by atoms with Crippen LogP contribution >= 0.6 is 11.3 Å². The molecular weight excluding hydrogens is 274 g/mol. The van der Waals surface area contributed by atoms with Crippen LogP contribution in [0.1, 0.15) is 36.6 Å². The molecule has 1 unspecified atom stereocenters. The molecule has 3 rings (SSSR count). The number of benzene rings is 2. The summed E-state index contributed by atoms with van der Waals surface area (Å²) < 4.78 is 1.30. The molecule has 3 aromatic rings. The normalized spacial score (nSPS) is 13.0. The summed E-state index contributed by atoms with van der Waals surface area (Å²) in [4.78, 5) is 0. The molecule has 2 heteroatoms. The Morgan fingerprint density at radius 2 is 1.71 bits per heavy atom. The van der Waals surface area contributed by atoms with Crippen LogP contribution in [-0.2, 0) is 6.42 Å². The Kier molecular flexibility index (Phi) is 4.09. The van der Waals surface area contributed by atoms with Crippen molar-refractivity contribution in [1.29, 1.82) is 0 Å². The highest BCUT2D eigenvalue weighted by Gasteiger charge is 2.13. The molecule has 0 spiro atoms. The van der Waals surface area contributed by atoms with Crippen molar-refractivity contribution in [3.63, 3.8) is 0 Å². The lowest BCUT2D eigenvalue weighted by Crippen LogP contribution is -2.11. The fraction of sp³-hybridized carbons (Fsp3) is 0.263. The van der Waals surface area contributed by atoms with Crippen LogP contribution in [0.15, 0.2) is 53.9 Å². The van der Waals surface area contributed by atoms with Crippen molar-refractivity contribution in [2.45, 2.75) is 26.3 Å². The van der Waals surface area contributed by atoms with E-state index in [-0.39, 0.29) is 6.04 Å². The standard InChI is InChI=1S/C19H21NS/c1-13(2)11-14-7-9-15(10-8-14)19(20)17-12-21-18-6-4-3-5-16(17)18/h3-10,12-13,19H,11,20H2,1-2H3. The highest BCUT2D eigenvalue weighted by atomic mass is 32.1. The third-order valence-electron chi connectivity index (χ3n) is 3.83. The topological polar surface area (TPSA) is 26.0 Å². The van der Waals surface area contributed by atoms with Gasteiger partial charge in [-0.1, -0.05) is 56.3 Å². The molecule has 1 atom stereocenters. The van der Waals surface area contributed by atoms with Crippen molar-refractivity contribution in [2.24, 2.45) is 11.7 Å². The van der Waals surface area contributed by atoms with Crippen molar-refractivity contribution >= 4 is 21.4 Å². The second-order valence-electron chi connectivity index (χ2n) is 6.00. The third kappa shape index (κ3) is 3.02. The minimum absolute atomic E-state index is 0.0470. The minimum Gasteiger partial charge on any atom is -0.320 e. The molecule has 1 nitrogen and oxygen atoms in total. The number of fused-ring (bicyclic) bond motifs is 1. The quantitative estimate of drug-likeness (QED) is 0.708. The van der Waals surface area contributed by atoms with E-state index in [2.05, 4.69) is 67.8 Å². The largest absolute Gasteiger partial charge is 0.320 e. The van der Waals surface area contributed by atoms with Gasteiger partial charge in [-0.2, -0.15) is 0 Å². The van der Waals surface area contributed by atoms with Gasteiger partial charge in [0.15, 0.2) is 0 Å². The van der Waals surface area contributed by atoms with Crippen LogP contribution in [0.4, 0.5) is 0 Å². The summed E-state index contributed by atoms with van der Waals surface area (Å²) in [6.45, 7) is 4.49. The molecule has 0 aliphatic rings. The van der Waals surface area contributed by atoms with Crippen molar-refractivity contribution in [3.05, 3.63) is 70.6 Å². The van der Waals surface area contributed by atoms with E-state index in [4.69, 9.17) is 5.73 Å². The van der Waals surface area contributed by atoms with Crippen molar-refractivity contribution in [3.8, 4) is 0 Å². The number of hydrogen-bond donors (Lipinski definition) is 1. The third-order valence-corrected chi connectivity index (χ3v) is 4.81. The number of hydrogen-bond acceptors (Lipinski definition) is 2. The van der Waals surface area contributed by atoms with Crippen molar-refractivity contribution in [2.75, 3.05) is 0 Å². The summed E-state index contributed by atoms with van der Waals surface area (Å²) in [6, 6.07) is 17.2. The first-order valence-corrected chi connectivity index (χ1v) is 8.33. The molecule has 0 amide bonds. The van der Waals surface area contributed by atoms with E-state index in [1.54, 1.807) is 11.3 Å². The molecule has 0 aliphatic carbocycles. The Morgan fingerprint density at radius 1 is 1.00 bits per heavy atom. The van der Waals surface area contributed by atoms with Crippen LogP contribution in [0.3, 0.4) is 0 Å². The Labute approximate surface area is 130 Å². The Morgan fingerprint density at radius 3 is 2.43 bits per heavy atom. The average Bonchev–Trinajstić information content (AvgIpc) is 2.90. The van der Waals surface area contributed by atoms with E-state index >= 15 is 0 Å². The summed E-state index contributed by atoms with van der Waals surface area (Å²) in [5, 5.41) is 3.47. The summed E-state index contributed by atoms with van der Waals surface area (Å²) in [5.74, 6) is 0.686. The van der Waals surface area contributed by atoms with Gasteiger partial charge in [-0.05, 0) is 45.9 Å². The van der Waals surface area contributed by atoms with Gasteiger partial charge in [-0.15, -0.1) is 11.3 Å². The zero-order valence-electron chi connectivity index (χ0n) is 12.5. The van der Waals surface area contributed by atoms with Crippen LogP contribution in [0, 0.1) is 5.92 Å². The van der Waals surface area contributed by atoms with Gasteiger partial charge in [-0.25, -0.2) is 0 Å². The lowest BCUT2D eigenvalue weighted by atomic mass is 9.96. The molecule has 21 heavy (non-hydrogen) atoms. The van der Waals surface area contributed by atoms with Crippen molar-refractivity contribution < 1.29 is 0 Å². The molecule has 1 heterocycles. The molecule has 0 aliphatic heterocycles. The smallest absolute Gasteiger partial charge is 0.0566 e. The first-order chi connectivity index (χ1) is 10.1. The molecule has 0 saturated carbocycles. The summed E-state index contributed by atoms with van der Waals surface area (Å²) in [6.07, 6.45) is 1.12. The van der Waals surface area contributed by atoms with E-state index in [1.807, 2.05) is 0 Å². The van der Waals surface area contributed by atoms with Crippen molar-refractivity contribution in [1.82, 2.24) is 0 Å². The molecular formula is C19H21NS.